The summed E-state index contributed by atoms with van der Waals surface area (Å²) in [4.78, 5) is 14.2. The molecule has 1 unspecified atom stereocenters. The highest BCUT2D eigenvalue weighted by Gasteiger charge is 2.30. The van der Waals surface area contributed by atoms with Gasteiger partial charge >= 0.3 is 0 Å². The quantitative estimate of drug-likeness (QED) is 0.293. The summed E-state index contributed by atoms with van der Waals surface area (Å²) in [5.41, 5.74) is 2.60. The molecule has 180 valence electrons. The van der Waals surface area contributed by atoms with Gasteiger partial charge in [-0.15, -0.1) is 0 Å². The van der Waals surface area contributed by atoms with Gasteiger partial charge in [0.1, 0.15) is 0 Å². The van der Waals surface area contributed by atoms with E-state index in [2.05, 4.69) is 53.8 Å². The number of aliphatic hydroxyl groups is 2. The normalized spacial score (nSPS) is 15.4. The predicted molar refractivity (Wildman–Crippen MR) is 139 cm³/mol. The van der Waals surface area contributed by atoms with Crippen molar-refractivity contribution in [2.24, 2.45) is 0 Å². The standard InChI is InChI=1S/C26H36N2O3S2/c29-25(28-16-14-27-15-17-28)19-26(30,31)13-11-24(33-21-23-9-5-2-6-10-23)12-18-32-20-22-7-3-1-4-8-22/h1-10,24,27,30-31H,11-21H2. The molecule has 1 saturated heterocycles. The third-order valence-corrected chi connectivity index (χ3v) is 8.30. The van der Waals surface area contributed by atoms with Gasteiger partial charge in [0.25, 0.3) is 0 Å². The van der Waals surface area contributed by atoms with Crippen LogP contribution in [0.4, 0.5) is 0 Å². The number of carbonyl (C=O) groups excluding carboxylic acids is 1. The molecule has 1 aliphatic rings. The van der Waals surface area contributed by atoms with Crippen LogP contribution < -0.4 is 5.32 Å². The number of hydrogen-bond donors (Lipinski definition) is 3. The van der Waals surface area contributed by atoms with Gasteiger partial charge in [-0.1, -0.05) is 60.7 Å². The monoisotopic (exact) mass is 488 g/mol. The summed E-state index contributed by atoms with van der Waals surface area (Å²) in [7, 11) is 0. The van der Waals surface area contributed by atoms with Crippen LogP contribution in [-0.4, -0.2) is 64.0 Å². The fourth-order valence-corrected chi connectivity index (χ4v) is 6.19. The van der Waals surface area contributed by atoms with E-state index in [1.54, 1.807) is 4.90 Å². The Balaban J connectivity index is 1.47. The number of rotatable bonds is 13. The van der Waals surface area contributed by atoms with Crippen molar-refractivity contribution in [3.8, 4) is 0 Å². The van der Waals surface area contributed by atoms with Crippen LogP contribution in [0, 0.1) is 0 Å². The van der Waals surface area contributed by atoms with Crippen molar-refractivity contribution in [3.05, 3.63) is 71.8 Å². The molecule has 7 heteroatoms. The molecule has 33 heavy (non-hydrogen) atoms. The predicted octanol–water partition coefficient (Wildman–Crippen LogP) is 3.89. The maximum atomic E-state index is 12.5. The molecule has 0 aromatic heterocycles. The van der Waals surface area contributed by atoms with E-state index >= 15 is 0 Å². The number of carbonyl (C=O) groups is 1. The largest absolute Gasteiger partial charge is 0.365 e. The summed E-state index contributed by atoms with van der Waals surface area (Å²) >= 11 is 3.78. The van der Waals surface area contributed by atoms with E-state index in [4.69, 9.17) is 0 Å². The van der Waals surface area contributed by atoms with E-state index in [9.17, 15) is 15.0 Å². The Morgan fingerprint density at radius 2 is 1.55 bits per heavy atom. The lowest BCUT2D eigenvalue weighted by atomic mass is 10.0. The van der Waals surface area contributed by atoms with Crippen LogP contribution in [0.2, 0.25) is 0 Å². The SMILES string of the molecule is O=C(CC(O)(O)CCC(CCSCc1ccccc1)SCc1ccccc1)N1CCNCC1. The maximum Gasteiger partial charge on any atom is 0.228 e. The second-order valence-corrected chi connectivity index (χ2v) is 11.0. The fraction of sp³-hybridized carbons (Fsp3) is 0.500. The Morgan fingerprint density at radius 3 is 2.18 bits per heavy atom. The van der Waals surface area contributed by atoms with E-state index < -0.39 is 5.79 Å². The van der Waals surface area contributed by atoms with Crippen molar-refractivity contribution in [2.45, 2.75) is 48.2 Å². The van der Waals surface area contributed by atoms with Gasteiger partial charge in [0.05, 0.1) is 6.42 Å². The van der Waals surface area contributed by atoms with Gasteiger partial charge in [-0.2, -0.15) is 23.5 Å². The van der Waals surface area contributed by atoms with Crippen molar-refractivity contribution >= 4 is 29.4 Å². The highest BCUT2D eigenvalue weighted by atomic mass is 32.2. The molecule has 0 saturated carbocycles. The molecule has 0 bridgehead atoms. The van der Waals surface area contributed by atoms with E-state index in [0.717, 1.165) is 36.8 Å². The summed E-state index contributed by atoms with van der Waals surface area (Å²) in [6, 6.07) is 20.8. The number of thioether (sulfide) groups is 2. The fourth-order valence-electron chi connectivity index (χ4n) is 3.83. The zero-order valence-corrected chi connectivity index (χ0v) is 20.8. The summed E-state index contributed by atoms with van der Waals surface area (Å²) in [6.45, 7) is 2.77. The van der Waals surface area contributed by atoms with Crippen LogP contribution >= 0.6 is 23.5 Å². The first-order chi connectivity index (χ1) is 16.0. The molecule has 2 aromatic carbocycles. The Hall–Kier alpha value is -1.51. The van der Waals surface area contributed by atoms with Gasteiger partial charge in [-0.05, 0) is 29.7 Å². The second kappa shape index (κ2) is 14.0. The van der Waals surface area contributed by atoms with Crippen molar-refractivity contribution in [3.63, 3.8) is 0 Å². The van der Waals surface area contributed by atoms with E-state index in [0.29, 0.717) is 24.8 Å². The molecule has 2 aromatic rings. The van der Waals surface area contributed by atoms with Gasteiger partial charge in [0.2, 0.25) is 5.91 Å². The topological polar surface area (TPSA) is 72.8 Å². The van der Waals surface area contributed by atoms with Crippen LogP contribution in [0.15, 0.2) is 60.7 Å². The lowest BCUT2D eigenvalue weighted by Gasteiger charge is -2.31. The van der Waals surface area contributed by atoms with Gasteiger partial charge in [0.15, 0.2) is 5.79 Å². The molecular weight excluding hydrogens is 452 g/mol. The number of amides is 1. The molecule has 0 aliphatic carbocycles. The minimum absolute atomic E-state index is 0.173. The molecule has 1 atom stereocenters. The molecule has 1 fully saturated rings. The lowest BCUT2D eigenvalue weighted by Crippen LogP contribution is -2.48. The molecule has 1 heterocycles. The number of nitrogens with zero attached hydrogens (tertiary/aromatic N) is 1. The lowest BCUT2D eigenvalue weighted by molar-refractivity contribution is -0.181. The summed E-state index contributed by atoms with van der Waals surface area (Å²) in [5, 5.41) is 24.6. The number of piperazine rings is 1. The Kier molecular flexibility index (Phi) is 11.1. The summed E-state index contributed by atoms with van der Waals surface area (Å²) in [6.07, 6.45) is 1.65. The van der Waals surface area contributed by atoms with Crippen molar-refractivity contribution in [1.29, 1.82) is 0 Å². The Labute approximate surface area is 206 Å². The first kappa shape index (κ1) is 26.1. The van der Waals surface area contributed by atoms with Crippen molar-refractivity contribution in [2.75, 3.05) is 31.9 Å². The smallest absolute Gasteiger partial charge is 0.228 e. The van der Waals surface area contributed by atoms with Crippen LogP contribution in [-0.2, 0) is 16.3 Å². The molecule has 1 amide bonds. The minimum Gasteiger partial charge on any atom is -0.365 e. The zero-order valence-electron chi connectivity index (χ0n) is 19.2. The van der Waals surface area contributed by atoms with Crippen molar-refractivity contribution in [1.82, 2.24) is 10.2 Å². The highest BCUT2D eigenvalue weighted by Crippen LogP contribution is 2.29. The van der Waals surface area contributed by atoms with Gasteiger partial charge in [-0.25, -0.2) is 0 Å². The molecule has 1 aliphatic heterocycles. The van der Waals surface area contributed by atoms with E-state index in [1.165, 1.54) is 11.1 Å². The average molecular weight is 489 g/mol. The molecule has 5 nitrogen and oxygen atoms in total. The number of hydrogen-bond acceptors (Lipinski definition) is 6. The second-order valence-electron chi connectivity index (χ2n) is 8.57. The van der Waals surface area contributed by atoms with Gasteiger partial charge < -0.3 is 20.4 Å². The summed E-state index contributed by atoms with van der Waals surface area (Å²) < 4.78 is 0. The van der Waals surface area contributed by atoms with Gasteiger partial charge in [-0.3, -0.25) is 4.79 Å². The molecular formula is C26H36N2O3S2. The molecule has 0 radical (unpaired) electrons. The third-order valence-electron chi connectivity index (χ3n) is 5.79. The van der Waals surface area contributed by atoms with Crippen molar-refractivity contribution < 1.29 is 15.0 Å². The van der Waals surface area contributed by atoms with Gasteiger partial charge in [0, 0.05) is 49.4 Å². The van der Waals surface area contributed by atoms with E-state index in [1.807, 2.05) is 35.7 Å². The van der Waals surface area contributed by atoms with Crippen LogP contribution in [0.1, 0.15) is 36.8 Å². The number of benzene rings is 2. The first-order valence-corrected chi connectivity index (χ1v) is 13.9. The maximum absolute atomic E-state index is 12.5. The molecule has 0 spiro atoms. The van der Waals surface area contributed by atoms with E-state index in [-0.39, 0.29) is 18.7 Å². The summed E-state index contributed by atoms with van der Waals surface area (Å²) in [5.74, 6) is 0.780. The molecule has 3 rings (SSSR count). The van der Waals surface area contributed by atoms with Crippen LogP contribution in [0.3, 0.4) is 0 Å². The Bertz CT molecular complexity index is 815. The highest BCUT2D eigenvalue weighted by molar-refractivity contribution is 7.99. The third kappa shape index (κ3) is 10.1. The van der Waals surface area contributed by atoms with Crippen LogP contribution in [0.25, 0.3) is 0 Å². The molecule has 3 N–H and O–H groups in total. The zero-order chi connectivity index (χ0) is 23.4. The Morgan fingerprint density at radius 1 is 0.939 bits per heavy atom. The minimum atomic E-state index is -1.95. The number of nitrogens with one attached hydrogen (secondary N) is 1. The average Bonchev–Trinajstić information content (AvgIpc) is 2.84. The first-order valence-electron chi connectivity index (χ1n) is 11.7. The van der Waals surface area contributed by atoms with Crippen LogP contribution in [0.5, 0.6) is 0 Å².